The Bertz CT molecular complexity index is 624. The number of ketones is 1. The van der Waals surface area contributed by atoms with Gasteiger partial charge in [-0.15, -0.1) is 0 Å². The van der Waals surface area contributed by atoms with Crippen LogP contribution in [0.4, 0.5) is 0 Å². The third-order valence-electron chi connectivity index (χ3n) is 3.12. The predicted octanol–water partition coefficient (Wildman–Crippen LogP) is 3.02. The van der Waals surface area contributed by atoms with E-state index >= 15 is 0 Å². The van der Waals surface area contributed by atoms with Gasteiger partial charge in [0.05, 0.1) is 18.4 Å². The molecule has 4 nitrogen and oxygen atoms in total. The van der Waals surface area contributed by atoms with Crippen molar-refractivity contribution in [1.82, 2.24) is 9.78 Å². The fourth-order valence-electron chi connectivity index (χ4n) is 1.84. The highest BCUT2D eigenvalue weighted by atomic mass is 16.5. The SMILES string of the molecule is CCOc1ccc(C=CC(=O)c2cnn(C)c2C)cc1. The molecule has 0 aliphatic rings. The van der Waals surface area contributed by atoms with Gasteiger partial charge in [-0.2, -0.15) is 5.10 Å². The summed E-state index contributed by atoms with van der Waals surface area (Å²) in [7, 11) is 1.82. The van der Waals surface area contributed by atoms with Crippen LogP contribution in [-0.4, -0.2) is 22.2 Å². The van der Waals surface area contributed by atoms with Crippen molar-refractivity contribution in [2.75, 3.05) is 6.61 Å². The summed E-state index contributed by atoms with van der Waals surface area (Å²) in [6.45, 7) is 4.47. The van der Waals surface area contributed by atoms with Gasteiger partial charge in [0.2, 0.25) is 0 Å². The van der Waals surface area contributed by atoms with E-state index in [2.05, 4.69) is 5.10 Å². The topological polar surface area (TPSA) is 44.1 Å². The minimum atomic E-state index is -0.0375. The summed E-state index contributed by atoms with van der Waals surface area (Å²) in [5, 5.41) is 4.07. The molecule has 0 aliphatic heterocycles. The maximum atomic E-state index is 12.1. The lowest BCUT2D eigenvalue weighted by atomic mass is 10.1. The molecule has 2 aromatic rings. The van der Waals surface area contributed by atoms with E-state index in [4.69, 9.17) is 4.74 Å². The van der Waals surface area contributed by atoms with Gasteiger partial charge >= 0.3 is 0 Å². The molecule has 1 heterocycles. The minimum absolute atomic E-state index is 0.0375. The maximum absolute atomic E-state index is 12.1. The summed E-state index contributed by atoms with van der Waals surface area (Å²) in [5.41, 5.74) is 2.46. The number of nitrogens with zero attached hydrogens (tertiary/aromatic N) is 2. The Kier molecular flexibility index (Phi) is 4.35. The van der Waals surface area contributed by atoms with E-state index < -0.39 is 0 Å². The van der Waals surface area contributed by atoms with Gasteiger partial charge in [0.15, 0.2) is 5.78 Å². The molecule has 0 saturated carbocycles. The minimum Gasteiger partial charge on any atom is -0.494 e. The third-order valence-corrected chi connectivity index (χ3v) is 3.12. The molecule has 20 heavy (non-hydrogen) atoms. The molecule has 0 N–H and O–H groups in total. The van der Waals surface area contributed by atoms with Crippen molar-refractivity contribution in [3.63, 3.8) is 0 Å². The zero-order chi connectivity index (χ0) is 14.5. The van der Waals surface area contributed by atoms with E-state index in [0.717, 1.165) is 17.0 Å². The second kappa shape index (κ2) is 6.19. The Labute approximate surface area is 118 Å². The molecule has 104 valence electrons. The Morgan fingerprint density at radius 1 is 1.35 bits per heavy atom. The van der Waals surface area contributed by atoms with E-state index in [-0.39, 0.29) is 5.78 Å². The summed E-state index contributed by atoms with van der Waals surface area (Å²) in [6, 6.07) is 7.63. The van der Waals surface area contributed by atoms with Crippen LogP contribution in [0.1, 0.15) is 28.5 Å². The van der Waals surface area contributed by atoms with Crippen molar-refractivity contribution in [3.8, 4) is 5.75 Å². The number of carbonyl (C=O) groups is 1. The van der Waals surface area contributed by atoms with Crippen molar-refractivity contribution in [1.29, 1.82) is 0 Å². The Balaban J connectivity index is 2.09. The van der Waals surface area contributed by atoms with Crippen molar-refractivity contribution in [2.45, 2.75) is 13.8 Å². The van der Waals surface area contributed by atoms with Crippen LogP contribution in [0.3, 0.4) is 0 Å². The smallest absolute Gasteiger partial charge is 0.189 e. The molecule has 0 radical (unpaired) electrons. The number of aryl methyl sites for hydroxylation is 1. The molecular weight excluding hydrogens is 252 g/mol. The molecule has 1 aromatic carbocycles. The van der Waals surface area contributed by atoms with Crippen LogP contribution in [0.5, 0.6) is 5.75 Å². The molecular formula is C16H18N2O2. The highest BCUT2D eigenvalue weighted by Gasteiger charge is 2.09. The number of aromatic nitrogens is 2. The van der Waals surface area contributed by atoms with Crippen LogP contribution in [0.2, 0.25) is 0 Å². The number of hydrogen-bond donors (Lipinski definition) is 0. The molecule has 0 bridgehead atoms. The third kappa shape index (κ3) is 3.15. The van der Waals surface area contributed by atoms with E-state index in [1.807, 2.05) is 45.2 Å². The van der Waals surface area contributed by atoms with Gasteiger partial charge in [0, 0.05) is 12.7 Å². The van der Waals surface area contributed by atoms with Crippen LogP contribution >= 0.6 is 0 Å². The largest absolute Gasteiger partial charge is 0.494 e. The van der Waals surface area contributed by atoms with E-state index in [9.17, 15) is 4.79 Å². The standard InChI is InChI=1S/C16H18N2O2/c1-4-20-14-8-5-13(6-9-14)7-10-16(19)15-11-17-18(3)12(15)2/h5-11H,4H2,1-3H3. The maximum Gasteiger partial charge on any atom is 0.189 e. The first-order chi connectivity index (χ1) is 9.61. The van der Waals surface area contributed by atoms with Gasteiger partial charge in [-0.05, 0) is 37.6 Å². The van der Waals surface area contributed by atoms with Gasteiger partial charge in [0.1, 0.15) is 5.75 Å². The fraction of sp³-hybridized carbons (Fsp3) is 0.250. The molecule has 0 spiro atoms. The van der Waals surface area contributed by atoms with Crippen molar-refractivity contribution in [3.05, 3.63) is 53.4 Å². The number of rotatable bonds is 5. The zero-order valence-corrected chi connectivity index (χ0v) is 12.0. The number of ether oxygens (including phenoxy) is 1. The number of allylic oxidation sites excluding steroid dienone is 1. The molecule has 0 atom stereocenters. The summed E-state index contributed by atoms with van der Waals surface area (Å²) < 4.78 is 7.06. The molecule has 4 heteroatoms. The Hall–Kier alpha value is -2.36. The normalized spacial score (nSPS) is 10.9. The quantitative estimate of drug-likeness (QED) is 0.619. The van der Waals surface area contributed by atoms with Crippen molar-refractivity contribution < 1.29 is 9.53 Å². The molecule has 0 fully saturated rings. The Morgan fingerprint density at radius 2 is 2.05 bits per heavy atom. The number of carbonyl (C=O) groups excluding carboxylic acids is 1. The lowest BCUT2D eigenvalue weighted by molar-refractivity contribution is 0.104. The van der Waals surface area contributed by atoms with Crippen LogP contribution in [0.25, 0.3) is 6.08 Å². The van der Waals surface area contributed by atoms with Crippen LogP contribution in [-0.2, 0) is 7.05 Å². The summed E-state index contributed by atoms with van der Waals surface area (Å²) in [4.78, 5) is 12.1. The zero-order valence-electron chi connectivity index (χ0n) is 12.0. The molecule has 0 saturated heterocycles. The van der Waals surface area contributed by atoms with Crippen molar-refractivity contribution in [2.24, 2.45) is 7.05 Å². The second-order valence-corrected chi connectivity index (χ2v) is 4.47. The van der Waals surface area contributed by atoms with E-state index in [1.54, 1.807) is 23.0 Å². The van der Waals surface area contributed by atoms with Crippen LogP contribution < -0.4 is 4.74 Å². The molecule has 0 aliphatic carbocycles. The van der Waals surface area contributed by atoms with Gasteiger partial charge < -0.3 is 4.74 Å². The highest BCUT2D eigenvalue weighted by Crippen LogP contribution is 2.14. The van der Waals surface area contributed by atoms with Gasteiger partial charge in [-0.1, -0.05) is 18.2 Å². The second-order valence-electron chi connectivity index (χ2n) is 4.47. The summed E-state index contributed by atoms with van der Waals surface area (Å²) in [5.74, 6) is 0.795. The molecule has 0 unspecified atom stereocenters. The molecule has 2 rings (SSSR count). The molecule has 1 aromatic heterocycles. The number of hydrogen-bond acceptors (Lipinski definition) is 3. The fourth-order valence-corrected chi connectivity index (χ4v) is 1.84. The van der Waals surface area contributed by atoms with Crippen LogP contribution in [0.15, 0.2) is 36.5 Å². The Morgan fingerprint density at radius 3 is 2.60 bits per heavy atom. The van der Waals surface area contributed by atoms with E-state index in [0.29, 0.717) is 12.2 Å². The first kappa shape index (κ1) is 14.1. The average molecular weight is 270 g/mol. The lowest BCUT2D eigenvalue weighted by Gasteiger charge is -2.02. The van der Waals surface area contributed by atoms with Crippen LogP contribution in [0, 0.1) is 6.92 Å². The van der Waals surface area contributed by atoms with Gasteiger partial charge in [-0.3, -0.25) is 9.48 Å². The van der Waals surface area contributed by atoms with Gasteiger partial charge in [0.25, 0.3) is 0 Å². The molecule has 0 amide bonds. The predicted molar refractivity (Wildman–Crippen MR) is 78.9 cm³/mol. The first-order valence-electron chi connectivity index (χ1n) is 6.55. The highest BCUT2D eigenvalue weighted by molar-refractivity contribution is 6.07. The lowest BCUT2D eigenvalue weighted by Crippen LogP contribution is -1.98. The monoisotopic (exact) mass is 270 g/mol. The summed E-state index contributed by atoms with van der Waals surface area (Å²) in [6.07, 6.45) is 4.96. The van der Waals surface area contributed by atoms with Crippen molar-refractivity contribution >= 4 is 11.9 Å². The van der Waals surface area contributed by atoms with E-state index in [1.165, 1.54) is 0 Å². The number of benzene rings is 1. The summed E-state index contributed by atoms with van der Waals surface area (Å²) >= 11 is 0. The first-order valence-corrected chi connectivity index (χ1v) is 6.55. The van der Waals surface area contributed by atoms with Gasteiger partial charge in [-0.25, -0.2) is 0 Å². The average Bonchev–Trinajstić information content (AvgIpc) is 2.78.